The van der Waals surface area contributed by atoms with Crippen molar-refractivity contribution in [3.05, 3.63) is 23.9 Å². The summed E-state index contributed by atoms with van der Waals surface area (Å²) < 4.78 is 4.93. The summed E-state index contributed by atoms with van der Waals surface area (Å²) in [4.78, 5) is 26.4. The highest BCUT2D eigenvalue weighted by molar-refractivity contribution is 5.86. The van der Waals surface area contributed by atoms with Gasteiger partial charge in [-0.05, 0) is 12.5 Å². The maximum Gasteiger partial charge on any atom is 0.242 e. The molecule has 0 fully saturated rings. The molecule has 18 heavy (non-hydrogen) atoms. The van der Waals surface area contributed by atoms with Crippen LogP contribution in [-0.2, 0) is 16.1 Å². The molecule has 1 aromatic heterocycles. The predicted octanol–water partition coefficient (Wildman–Crippen LogP) is 0.231. The standard InChI is InChI=1S/C12H17N3O3/c1-8(15-9(2)16)12(17)14-7-10-4-5-11(18-3)13-6-10/h4-6,8H,7H2,1-3H3,(H,14,17)(H,15,16). The van der Waals surface area contributed by atoms with Gasteiger partial charge in [0.25, 0.3) is 0 Å². The summed E-state index contributed by atoms with van der Waals surface area (Å²) in [7, 11) is 1.54. The fraction of sp³-hybridized carbons (Fsp3) is 0.417. The van der Waals surface area contributed by atoms with E-state index < -0.39 is 6.04 Å². The number of carbonyl (C=O) groups excluding carboxylic acids is 2. The normalized spacial score (nSPS) is 11.5. The lowest BCUT2D eigenvalue weighted by atomic mass is 10.2. The zero-order valence-electron chi connectivity index (χ0n) is 10.7. The van der Waals surface area contributed by atoms with Crippen LogP contribution in [-0.4, -0.2) is 29.9 Å². The van der Waals surface area contributed by atoms with Crippen LogP contribution in [0.3, 0.4) is 0 Å². The quantitative estimate of drug-likeness (QED) is 0.785. The molecule has 0 saturated heterocycles. The molecule has 1 rings (SSSR count). The summed E-state index contributed by atoms with van der Waals surface area (Å²) in [5.74, 6) is 0.0569. The molecule has 1 atom stereocenters. The molecular weight excluding hydrogens is 234 g/mol. The third-order valence-electron chi connectivity index (χ3n) is 2.29. The smallest absolute Gasteiger partial charge is 0.242 e. The lowest BCUT2D eigenvalue weighted by Gasteiger charge is -2.12. The number of ether oxygens (including phenoxy) is 1. The Hall–Kier alpha value is -2.11. The molecule has 6 nitrogen and oxygen atoms in total. The maximum atomic E-state index is 11.6. The SMILES string of the molecule is COc1ccc(CNC(=O)C(C)NC(C)=O)cn1. The molecule has 0 radical (unpaired) electrons. The predicted molar refractivity (Wildman–Crippen MR) is 65.9 cm³/mol. The zero-order valence-corrected chi connectivity index (χ0v) is 10.7. The molecule has 0 bridgehead atoms. The first kappa shape index (κ1) is 14.0. The Morgan fingerprint density at radius 2 is 2.17 bits per heavy atom. The number of carbonyl (C=O) groups is 2. The molecule has 6 heteroatoms. The minimum absolute atomic E-state index is 0.233. The number of pyridine rings is 1. The third-order valence-corrected chi connectivity index (χ3v) is 2.29. The Kier molecular flexibility index (Phi) is 5.10. The summed E-state index contributed by atoms with van der Waals surface area (Å²) in [6, 6.07) is 2.99. The van der Waals surface area contributed by atoms with Gasteiger partial charge >= 0.3 is 0 Å². The minimum Gasteiger partial charge on any atom is -0.481 e. The average molecular weight is 251 g/mol. The molecule has 2 amide bonds. The lowest BCUT2D eigenvalue weighted by molar-refractivity contribution is -0.127. The molecule has 0 aromatic carbocycles. The first-order valence-corrected chi connectivity index (χ1v) is 5.56. The van der Waals surface area contributed by atoms with E-state index in [1.54, 1.807) is 26.3 Å². The molecule has 0 saturated carbocycles. The van der Waals surface area contributed by atoms with E-state index in [-0.39, 0.29) is 11.8 Å². The molecule has 0 spiro atoms. The van der Waals surface area contributed by atoms with Crippen LogP contribution >= 0.6 is 0 Å². The van der Waals surface area contributed by atoms with E-state index in [0.717, 1.165) is 5.56 Å². The largest absolute Gasteiger partial charge is 0.481 e. The second-order valence-electron chi connectivity index (χ2n) is 3.85. The van der Waals surface area contributed by atoms with E-state index in [0.29, 0.717) is 12.4 Å². The van der Waals surface area contributed by atoms with Gasteiger partial charge in [0.1, 0.15) is 6.04 Å². The molecule has 0 aliphatic carbocycles. The topological polar surface area (TPSA) is 80.3 Å². The molecule has 0 aliphatic heterocycles. The second-order valence-corrected chi connectivity index (χ2v) is 3.85. The highest BCUT2D eigenvalue weighted by Crippen LogP contribution is 2.06. The van der Waals surface area contributed by atoms with Crippen LogP contribution in [0, 0.1) is 0 Å². The van der Waals surface area contributed by atoms with Gasteiger partial charge in [0.15, 0.2) is 0 Å². The number of nitrogens with one attached hydrogen (secondary N) is 2. The van der Waals surface area contributed by atoms with E-state index >= 15 is 0 Å². The number of amides is 2. The van der Waals surface area contributed by atoms with E-state index in [1.165, 1.54) is 6.92 Å². The molecule has 1 heterocycles. The molecule has 1 unspecified atom stereocenters. The van der Waals surface area contributed by atoms with E-state index in [1.807, 2.05) is 6.07 Å². The van der Waals surface area contributed by atoms with E-state index in [9.17, 15) is 9.59 Å². The zero-order chi connectivity index (χ0) is 13.5. The fourth-order valence-corrected chi connectivity index (χ4v) is 1.35. The van der Waals surface area contributed by atoms with Crippen LogP contribution in [0.1, 0.15) is 19.4 Å². The summed E-state index contributed by atoms with van der Waals surface area (Å²) in [5, 5.41) is 5.22. The Bertz CT molecular complexity index is 417. The molecule has 1 aromatic rings. The summed E-state index contributed by atoms with van der Waals surface area (Å²) in [6.07, 6.45) is 1.63. The lowest BCUT2D eigenvalue weighted by Crippen LogP contribution is -2.43. The van der Waals surface area contributed by atoms with Gasteiger partial charge in [0.2, 0.25) is 17.7 Å². The highest BCUT2D eigenvalue weighted by atomic mass is 16.5. The van der Waals surface area contributed by atoms with Crippen LogP contribution in [0.4, 0.5) is 0 Å². The fourth-order valence-electron chi connectivity index (χ4n) is 1.35. The minimum atomic E-state index is -0.547. The Morgan fingerprint density at radius 3 is 2.67 bits per heavy atom. The van der Waals surface area contributed by atoms with Crippen LogP contribution in [0.2, 0.25) is 0 Å². The van der Waals surface area contributed by atoms with Gasteiger partial charge in [-0.2, -0.15) is 0 Å². The number of nitrogens with zero attached hydrogens (tertiary/aromatic N) is 1. The Labute approximate surface area is 106 Å². The molecule has 98 valence electrons. The highest BCUT2D eigenvalue weighted by Gasteiger charge is 2.12. The van der Waals surface area contributed by atoms with Crippen molar-refractivity contribution in [2.24, 2.45) is 0 Å². The molecule has 0 aliphatic rings. The first-order chi connectivity index (χ1) is 8.52. The van der Waals surface area contributed by atoms with Crippen molar-refractivity contribution in [2.45, 2.75) is 26.4 Å². The van der Waals surface area contributed by atoms with Gasteiger partial charge in [0.05, 0.1) is 7.11 Å². The monoisotopic (exact) mass is 251 g/mol. The van der Waals surface area contributed by atoms with Crippen LogP contribution in [0.5, 0.6) is 5.88 Å². The summed E-state index contributed by atoms with van der Waals surface area (Å²) >= 11 is 0. The van der Waals surface area contributed by atoms with E-state index in [2.05, 4.69) is 15.6 Å². The van der Waals surface area contributed by atoms with Crippen molar-refractivity contribution in [3.8, 4) is 5.88 Å². The van der Waals surface area contributed by atoms with Crippen LogP contribution in [0.25, 0.3) is 0 Å². The van der Waals surface area contributed by atoms with Crippen LogP contribution in [0.15, 0.2) is 18.3 Å². The van der Waals surface area contributed by atoms with Crippen molar-refractivity contribution in [3.63, 3.8) is 0 Å². The molecule has 2 N–H and O–H groups in total. The number of hydrogen-bond acceptors (Lipinski definition) is 4. The Morgan fingerprint density at radius 1 is 1.44 bits per heavy atom. The average Bonchev–Trinajstić information content (AvgIpc) is 2.35. The van der Waals surface area contributed by atoms with Crippen LogP contribution < -0.4 is 15.4 Å². The van der Waals surface area contributed by atoms with Gasteiger partial charge in [-0.25, -0.2) is 4.98 Å². The van der Waals surface area contributed by atoms with Crippen molar-refractivity contribution in [2.75, 3.05) is 7.11 Å². The number of rotatable bonds is 5. The summed E-state index contributed by atoms with van der Waals surface area (Å²) in [6.45, 7) is 3.36. The van der Waals surface area contributed by atoms with Gasteiger partial charge < -0.3 is 15.4 Å². The van der Waals surface area contributed by atoms with E-state index in [4.69, 9.17) is 4.74 Å². The third kappa shape index (κ3) is 4.40. The maximum absolute atomic E-state index is 11.6. The number of aromatic nitrogens is 1. The van der Waals surface area contributed by atoms with Crippen molar-refractivity contribution >= 4 is 11.8 Å². The number of methoxy groups -OCH3 is 1. The van der Waals surface area contributed by atoms with Gasteiger partial charge in [-0.3, -0.25) is 9.59 Å². The molecular formula is C12H17N3O3. The second kappa shape index (κ2) is 6.58. The van der Waals surface area contributed by atoms with Gasteiger partial charge in [-0.1, -0.05) is 6.07 Å². The van der Waals surface area contributed by atoms with Crippen molar-refractivity contribution in [1.29, 1.82) is 0 Å². The Balaban J connectivity index is 2.44. The van der Waals surface area contributed by atoms with Crippen molar-refractivity contribution < 1.29 is 14.3 Å². The summed E-state index contributed by atoms with van der Waals surface area (Å²) in [5.41, 5.74) is 0.860. The van der Waals surface area contributed by atoms with Crippen molar-refractivity contribution in [1.82, 2.24) is 15.6 Å². The first-order valence-electron chi connectivity index (χ1n) is 5.56. The van der Waals surface area contributed by atoms with Gasteiger partial charge in [0, 0.05) is 25.7 Å². The van der Waals surface area contributed by atoms with Gasteiger partial charge in [-0.15, -0.1) is 0 Å². The number of hydrogen-bond donors (Lipinski definition) is 2.